The quantitative estimate of drug-likeness (QED) is 0.840. The van der Waals surface area contributed by atoms with Crippen molar-refractivity contribution in [3.05, 3.63) is 70.8 Å². The van der Waals surface area contributed by atoms with Crippen LogP contribution in [-0.4, -0.2) is 42.6 Å². The Bertz CT molecular complexity index is 920. The van der Waals surface area contributed by atoms with E-state index in [1.807, 2.05) is 30.9 Å². The molecule has 2 heterocycles. The third kappa shape index (κ3) is 3.82. The van der Waals surface area contributed by atoms with E-state index >= 15 is 0 Å². The van der Waals surface area contributed by atoms with E-state index in [1.165, 1.54) is 11.1 Å². The minimum Gasteiger partial charge on any atom is -0.482 e. The van der Waals surface area contributed by atoms with Gasteiger partial charge in [0, 0.05) is 37.1 Å². The van der Waals surface area contributed by atoms with Crippen molar-refractivity contribution in [1.29, 1.82) is 0 Å². The highest BCUT2D eigenvalue weighted by Gasteiger charge is 2.37. The van der Waals surface area contributed by atoms with E-state index in [0.717, 1.165) is 61.5 Å². The first-order valence-electron chi connectivity index (χ1n) is 10.7. The standard InChI is InChI=1S/C25H30N2O2/c1-4-27(5-2)24(28)20-9-7-19(8-10-20)22-17-25(12-14-26-15-13-25)29-23-16-18(3)6-11-21(22)23/h6-11,16-17,26H,4-5,12-15H2,1-3H3. The van der Waals surface area contributed by atoms with Crippen molar-refractivity contribution in [2.45, 2.75) is 39.2 Å². The molecule has 0 atom stereocenters. The van der Waals surface area contributed by atoms with Gasteiger partial charge < -0.3 is 15.0 Å². The summed E-state index contributed by atoms with van der Waals surface area (Å²) in [7, 11) is 0. The number of carbonyl (C=O) groups excluding carboxylic acids is 1. The summed E-state index contributed by atoms with van der Waals surface area (Å²) >= 11 is 0. The monoisotopic (exact) mass is 390 g/mol. The lowest BCUT2D eigenvalue weighted by Crippen LogP contribution is -2.46. The summed E-state index contributed by atoms with van der Waals surface area (Å²) in [5, 5.41) is 3.44. The molecule has 1 fully saturated rings. The molecule has 2 aromatic carbocycles. The number of rotatable bonds is 4. The molecular formula is C25H30N2O2. The van der Waals surface area contributed by atoms with Gasteiger partial charge >= 0.3 is 0 Å². The molecule has 1 N–H and O–H groups in total. The zero-order valence-corrected chi connectivity index (χ0v) is 17.6. The minimum absolute atomic E-state index is 0.0911. The largest absolute Gasteiger partial charge is 0.482 e. The van der Waals surface area contributed by atoms with Crippen LogP contribution in [0.25, 0.3) is 5.57 Å². The van der Waals surface area contributed by atoms with Gasteiger partial charge in [0.05, 0.1) is 0 Å². The molecule has 1 spiro atoms. The van der Waals surface area contributed by atoms with Gasteiger partial charge in [-0.3, -0.25) is 4.79 Å². The molecule has 0 aliphatic carbocycles. The van der Waals surface area contributed by atoms with Gasteiger partial charge in [0.15, 0.2) is 0 Å². The average molecular weight is 391 g/mol. The average Bonchev–Trinajstić information content (AvgIpc) is 2.74. The van der Waals surface area contributed by atoms with Crippen LogP contribution in [0.5, 0.6) is 5.75 Å². The van der Waals surface area contributed by atoms with E-state index in [4.69, 9.17) is 4.74 Å². The molecule has 29 heavy (non-hydrogen) atoms. The van der Waals surface area contributed by atoms with Gasteiger partial charge in [0.1, 0.15) is 11.4 Å². The van der Waals surface area contributed by atoms with E-state index in [1.54, 1.807) is 0 Å². The number of piperidine rings is 1. The molecule has 152 valence electrons. The zero-order chi connectivity index (χ0) is 20.4. The first kappa shape index (κ1) is 19.7. The normalized spacial score (nSPS) is 17.3. The Morgan fingerprint density at radius 3 is 2.41 bits per heavy atom. The van der Waals surface area contributed by atoms with E-state index in [9.17, 15) is 4.79 Å². The number of amides is 1. The molecule has 2 aromatic rings. The van der Waals surface area contributed by atoms with Crippen LogP contribution in [0.3, 0.4) is 0 Å². The van der Waals surface area contributed by atoms with Gasteiger partial charge in [0.25, 0.3) is 5.91 Å². The number of nitrogens with zero attached hydrogens (tertiary/aromatic N) is 1. The maximum absolute atomic E-state index is 12.7. The third-order valence-corrected chi connectivity index (χ3v) is 6.09. The highest BCUT2D eigenvalue weighted by atomic mass is 16.5. The SMILES string of the molecule is CCN(CC)C(=O)c1ccc(C2=CC3(CCNCC3)Oc3cc(C)ccc32)cc1. The Balaban J connectivity index is 1.72. The van der Waals surface area contributed by atoms with Crippen molar-refractivity contribution in [3.63, 3.8) is 0 Å². The smallest absolute Gasteiger partial charge is 0.253 e. The Kier molecular flexibility index (Phi) is 5.46. The first-order chi connectivity index (χ1) is 14.0. The molecule has 0 unspecified atom stereocenters. The van der Waals surface area contributed by atoms with Crippen LogP contribution < -0.4 is 10.1 Å². The number of hydrogen-bond donors (Lipinski definition) is 1. The van der Waals surface area contributed by atoms with Gasteiger partial charge in [-0.25, -0.2) is 0 Å². The Morgan fingerprint density at radius 2 is 1.76 bits per heavy atom. The topological polar surface area (TPSA) is 41.6 Å². The van der Waals surface area contributed by atoms with Crippen LogP contribution in [0.4, 0.5) is 0 Å². The van der Waals surface area contributed by atoms with Crippen LogP contribution >= 0.6 is 0 Å². The summed E-state index contributed by atoms with van der Waals surface area (Å²) < 4.78 is 6.54. The molecule has 0 radical (unpaired) electrons. The Morgan fingerprint density at radius 1 is 1.07 bits per heavy atom. The van der Waals surface area contributed by atoms with E-state index in [-0.39, 0.29) is 11.5 Å². The second-order valence-corrected chi connectivity index (χ2v) is 8.03. The van der Waals surface area contributed by atoms with Gasteiger partial charge in [-0.05, 0) is 74.8 Å². The second-order valence-electron chi connectivity index (χ2n) is 8.03. The van der Waals surface area contributed by atoms with Crippen LogP contribution in [0.15, 0.2) is 48.5 Å². The molecule has 1 amide bonds. The first-order valence-corrected chi connectivity index (χ1v) is 10.7. The number of nitrogens with one attached hydrogen (secondary N) is 1. The summed E-state index contributed by atoms with van der Waals surface area (Å²) in [4.78, 5) is 14.5. The van der Waals surface area contributed by atoms with Crippen molar-refractivity contribution in [2.75, 3.05) is 26.2 Å². The fraction of sp³-hybridized carbons (Fsp3) is 0.400. The number of ether oxygens (including phenoxy) is 1. The van der Waals surface area contributed by atoms with Crippen molar-refractivity contribution >= 4 is 11.5 Å². The Labute approximate surface area is 173 Å². The van der Waals surface area contributed by atoms with Crippen LogP contribution in [0.2, 0.25) is 0 Å². The van der Waals surface area contributed by atoms with Gasteiger partial charge in [-0.1, -0.05) is 24.3 Å². The number of hydrogen-bond acceptors (Lipinski definition) is 3. The number of fused-ring (bicyclic) bond motifs is 1. The molecule has 0 saturated carbocycles. The number of aryl methyl sites for hydroxylation is 1. The molecule has 0 aromatic heterocycles. The lowest BCUT2D eigenvalue weighted by Gasteiger charge is -2.40. The predicted octanol–water partition coefficient (Wildman–Crippen LogP) is 4.42. The highest BCUT2D eigenvalue weighted by molar-refractivity contribution is 5.95. The lowest BCUT2D eigenvalue weighted by molar-refractivity contribution is 0.0772. The van der Waals surface area contributed by atoms with Crippen LogP contribution in [-0.2, 0) is 0 Å². The summed E-state index contributed by atoms with van der Waals surface area (Å²) in [5.41, 5.74) is 5.15. The van der Waals surface area contributed by atoms with Crippen LogP contribution in [0.1, 0.15) is 53.7 Å². The molecular weight excluding hydrogens is 360 g/mol. The molecule has 4 rings (SSSR count). The van der Waals surface area contributed by atoms with Gasteiger partial charge in [-0.15, -0.1) is 0 Å². The fourth-order valence-electron chi connectivity index (χ4n) is 4.35. The van der Waals surface area contributed by atoms with E-state index < -0.39 is 0 Å². The van der Waals surface area contributed by atoms with Crippen molar-refractivity contribution in [3.8, 4) is 5.75 Å². The van der Waals surface area contributed by atoms with Gasteiger partial charge in [0.2, 0.25) is 0 Å². The maximum Gasteiger partial charge on any atom is 0.253 e. The zero-order valence-electron chi connectivity index (χ0n) is 17.6. The number of carbonyl (C=O) groups is 1. The molecule has 0 bridgehead atoms. The maximum atomic E-state index is 12.7. The minimum atomic E-state index is -0.253. The van der Waals surface area contributed by atoms with Crippen molar-refractivity contribution in [2.24, 2.45) is 0 Å². The van der Waals surface area contributed by atoms with Crippen LogP contribution in [0, 0.1) is 6.92 Å². The van der Waals surface area contributed by atoms with E-state index in [0.29, 0.717) is 0 Å². The molecule has 4 nitrogen and oxygen atoms in total. The predicted molar refractivity (Wildman–Crippen MR) is 117 cm³/mol. The summed E-state index contributed by atoms with van der Waals surface area (Å²) in [6.07, 6.45) is 4.23. The molecule has 2 aliphatic heterocycles. The number of benzene rings is 2. The summed E-state index contributed by atoms with van der Waals surface area (Å²) in [6.45, 7) is 9.50. The lowest BCUT2D eigenvalue weighted by atomic mass is 9.83. The van der Waals surface area contributed by atoms with E-state index in [2.05, 4.69) is 48.6 Å². The van der Waals surface area contributed by atoms with Crippen molar-refractivity contribution in [1.82, 2.24) is 10.2 Å². The second kappa shape index (κ2) is 8.03. The van der Waals surface area contributed by atoms with Gasteiger partial charge in [-0.2, -0.15) is 0 Å². The fourth-order valence-corrected chi connectivity index (χ4v) is 4.35. The molecule has 4 heteroatoms. The highest BCUT2D eigenvalue weighted by Crippen LogP contribution is 2.43. The Hall–Kier alpha value is -2.59. The summed E-state index contributed by atoms with van der Waals surface area (Å²) in [5.74, 6) is 1.06. The third-order valence-electron chi connectivity index (χ3n) is 6.09. The van der Waals surface area contributed by atoms with Crippen molar-refractivity contribution < 1.29 is 9.53 Å². The molecule has 1 saturated heterocycles. The molecule has 2 aliphatic rings. The summed E-state index contributed by atoms with van der Waals surface area (Å²) in [6, 6.07) is 14.5.